The van der Waals surface area contributed by atoms with Gasteiger partial charge in [-0.15, -0.1) is 11.3 Å². The van der Waals surface area contributed by atoms with E-state index in [4.69, 9.17) is 0 Å². The van der Waals surface area contributed by atoms with Gasteiger partial charge in [-0.1, -0.05) is 12.1 Å². The van der Waals surface area contributed by atoms with Gasteiger partial charge >= 0.3 is 0 Å². The number of hydrogen-bond acceptors (Lipinski definition) is 5. The predicted octanol–water partition coefficient (Wildman–Crippen LogP) is 2.15. The summed E-state index contributed by atoms with van der Waals surface area (Å²) >= 11 is 1.25. The molecule has 8 heteroatoms. The molecule has 24 heavy (non-hydrogen) atoms. The van der Waals surface area contributed by atoms with Gasteiger partial charge in [-0.3, -0.25) is 9.48 Å². The largest absolute Gasteiger partial charge is 0.387 e. The minimum absolute atomic E-state index is 0.0323. The van der Waals surface area contributed by atoms with Crippen LogP contribution in [-0.4, -0.2) is 32.3 Å². The van der Waals surface area contributed by atoms with Crippen molar-refractivity contribution in [3.63, 3.8) is 0 Å². The number of benzene rings is 1. The molecule has 0 radical (unpaired) electrons. The first-order valence-electron chi connectivity index (χ1n) is 7.19. The topological polar surface area (TPSA) is 80.0 Å². The summed E-state index contributed by atoms with van der Waals surface area (Å²) in [6.45, 7) is 0.0323. The Labute approximate surface area is 141 Å². The van der Waals surface area contributed by atoms with E-state index in [-0.39, 0.29) is 18.3 Å². The van der Waals surface area contributed by atoms with Gasteiger partial charge in [0.05, 0.1) is 18.5 Å². The maximum Gasteiger partial charge on any atom is 0.263 e. The van der Waals surface area contributed by atoms with Crippen LogP contribution in [0, 0.1) is 5.82 Å². The van der Waals surface area contributed by atoms with Crippen LogP contribution < -0.4 is 5.32 Å². The van der Waals surface area contributed by atoms with Crippen LogP contribution in [0.1, 0.15) is 21.3 Å². The van der Waals surface area contributed by atoms with Crippen LogP contribution >= 0.6 is 11.3 Å². The highest BCUT2D eigenvalue weighted by Gasteiger charge is 2.15. The van der Waals surface area contributed by atoms with Crippen molar-refractivity contribution in [1.29, 1.82) is 0 Å². The molecule has 0 saturated heterocycles. The molecule has 1 aromatic carbocycles. The van der Waals surface area contributed by atoms with E-state index in [1.54, 1.807) is 10.9 Å². The van der Waals surface area contributed by atoms with Crippen LogP contribution in [-0.2, 0) is 7.05 Å². The number of aliphatic hydroxyl groups is 1. The molecular weight excluding hydrogens is 331 g/mol. The minimum Gasteiger partial charge on any atom is -0.387 e. The van der Waals surface area contributed by atoms with Crippen LogP contribution in [0.15, 0.2) is 42.9 Å². The van der Waals surface area contributed by atoms with Gasteiger partial charge in [0.1, 0.15) is 15.7 Å². The molecule has 0 saturated carbocycles. The second-order valence-corrected chi connectivity index (χ2v) is 6.24. The molecule has 3 rings (SSSR count). The molecule has 1 atom stereocenters. The van der Waals surface area contributed by atoms with Crippen molar-refractivity contribution in [3.05, 3.63) is 59.1 Å². The van der Waals surface area contributed by atoms with Crippen molar-refractivity contribution in [2.75, 3.05) is 6.54 Å². The number of carbonyl (C=O) groups excluding carboxylic acids is 1. The van der Waals surface area contributed by atoms with Gasteiger partial charge in [0.25, 0.3) is 5.91 Å². The first-order chi connectivity index (χ1) is 11.5. The third-order valence-corrected chi connectivity index (χ3v) is 4.44. The molecule has 6 nitrogen and oxygen atoms in total. The number of aryl methyl sites for hydroxylation is 1. The number of aliphatic hydroxyl groups excluding tert-OH is 1. The number of nitrogens with one attached hydrogen (secondary N) is 1. The Hall–Kier alpha value is -2.58. The predicted molar refractivity (Wildman–Crippen MR) is 88.0 cm³/mol. The molecular formula is C16H15FN4O2S. The molecule has 0 spiro atoms. The van der Waals surface area contributed by atoms with Gasteiger partial charge in [0.2, 0.25) is 0 Å². The Morgan fingerprint density at radius 2 is 2.12 bits per heavy atom. The van der Waals surface area contributed by atoms with Crippen molar-refractivity contribution in [2.24, 2.45) is 7.05 Å². The van der Waals surface area contributed by atoms with Crippen molar-refractivity contribution in [1.82, 2.24) is 20.1 Å². The van der Waals surface area contributed by atoms with E-state index in [0.29, 0.717) is 15.4 Å². The molecule has 1 unspecified atom stereocenters. The first kappa shape index (κ1) is 16.3. The number of hydrogen-bond donors (Lipinski definition) is 2. The summed E-state index contributed by atoms with van der Waals surface area (Å²) in [5, 5.41) is 17.5. The molecule has 0 aliphatic heterocycles. The van der Waals surface area contributed by atoms with E-state index in [0.717, 1.165) is 5.56 Å². The van der Waals surface area contributed by atoms with Gasteiger partial charge < -0.3 is 10.4 Å². The maximum absolute atomic E-state index is 12.9. The fourth-order valence-corrected chi connectivity index (χ4v) is 2.93. The highest BCUT2D eigenvalue weighted by Crippen LogP contribution is 2.24. The van der Waals surface area contributed by atoms with Crippen LogP contribution in [0.25, 0.3) is 10.6 Å². The summed E-state index contributed by atoms with van der Waals surface area (Å²) in [6, 6.07) is 5.51. The number of halogens is 1. The monoisotopic (exact) mass is 346 g/mol. The standard InChI is InChI=1S/C16H15FN4O2S/c1-21-9-11(6-20-21)16-19-8-14(24-16)15(23)18-7-13(22)10-2-4-12(17)5-3-10/h2-6,8-9,13,22H,7H2,1H3,(H,18,23). The number of nitrogens with zero attached hydrogens (tertiary/aromatic N) is 3. The average molecular weight is 346 g/mol. The highest BCUT2D eigenvalue weighted by molar-refractivity contribution is 7.16. The molecule has 1 amide bonds. The van der Waals surface area contributed by atoms with Gasteiger partial charge in [0, 0.05) is 25.4 Å². The zero-order valence-corrected chi connectivity index (χ0v) is 13.6. The normalized spacial score (nSPS) is 12.1. The lowest BCUT2D eigenvalue weighted by Crippen LogP contribution is -2.27. The van der Waals surface area contributed by atoms with Crippen LogP contribution in [0.2, 0.25) is 0 Å². The number of aromatic nitrogens is 3. The van der Waals surface area contributed by atoms with Crippen molar-refractivity contribution < 1.29 is 14.3 Å². The lowest BCUT2D eigenvalue weighted by Gasteiger charge is -2.11. The molecule has 2 heterocycles. The lowest BCUT2D eigenvalue weighted by molar-refractivity contribution is 0.0920. The van der Waals surface area contributed by atoms with Crippen LogP contribution in [0.3, 0.4) is 0 Å². The van der Waals surface area contributed by atoms with E-state index in [2.05, 4.69) is 15.4 Å². The van der Waals surface area contributed by atoms with Crippen molar-refractivity contribution >= 4 is 17.2 Å². The number of amides is 1. The summed E-state index contributed by atoms with van der Waals surface area (Å²) in [5.74, 6) is -0.689. The quantitative estimate of drug-likeness (QED) is 0.742. The lowest BCUT2D eigenvalue weighted by atomic mass is 10.1. The molecule has 0 bridgehead atoms. The Balaban J connectivity index is 1.61. The molecule has 0 fully saturated rings. The summed E-state index contributed by atoms with van der Waals surface area (Å²) in [6.07, 6.45) is 4.09. The molecule has 2 N–H and O–H groups in total. The van der Waals surface area contributed by atoms with Gasteiger partial charge in [-0.2, -0.15) is 5.10 Å². The minimum atomic E-state index is -0.903. The second kappa shape index (κ2) is 6.90. The summed E-state index contributed by atoms with van der Waals surface area (Å²) in [4.78, 5) is 16.8. The molecule has 3 aromatic rings. The van der Waals surface area contributed by atoms with Crippen molar-refractivity contribution in [2.45, 2.75) is 6.10 Å². The Morgan fingerprint density at radius 1 is 1.38 bits per heavy atom. The molecule has 0 aliphatic carbocycles. The third-order valence-electron chi connectivity index (χ3n) is 3.39. The molecule has 2 aromatic heterocycles. The Kier molecular flexibility index (Phi) is 4.68. The highest BCUT2D eigenvalue weighted by atomic mass is 32.1. The third kappa shape index (κ3) is 3.66. The van der Waals surface area contributed by atoms with Crippen molar-refractivity contribution in [3.8, 4) is 10.6 Å². The smallest absolute Gasteiger partial charge is 0.263 e. The van der Waals surface area contributed by atoms with Crippen LogP contribution in [0.4, 0.5) is 4.39 Å². The van der Waals surface area contributed by atoms with E-state index >= 15 is 0 Å². The second-order valence-electron chi connectivity index (χ2n) is 5.21. The number of thiazole rings is 1. The van der Waals surface area contributed by atoms with Crippen LogP contribution in [0.5, 0.6) is 0 Å². The van der Waals surface area contributed by atoms with Gasteiger partial charge in [0.15, 0.2) is 0 Å². The van der Waals surface area contributed by atoms with Gasteiger partial charge in [-0.25, -0.2) is 9.37 Å². The number of carbonyl (C=O) groups is 1. The Bertz CT molecular complexity index is 844. The molecule has 0 aliphatic rings. The maximum atomic E-state index is 12.9. The summed E-state index contributed by atoms with van der Waals surface area (Å²) in [5.41, 5.74) is 1.38. The Morgan fingerprint density at radius 3 is 2.79 bits per heavy atom. The molecule has 124 valence electrons. The summed E-state index contributed by atoms with van der Waals surface area (Å²) < 4.78 is 14.5. The van der Waals surface area contributed by atoms with Gasteiger partial charge in [-0.05, 0) is 17.7 Å². The number of rotatable bonds is 5. The van der Waals surface area contributed by atoms with E-state index < -0.39 is 6.10 Å². The fourth-order valence-electron chi connectivity index (χ4n) is 2.12. The first-order valence-corrected chi connectivity index (χ1v) is 8.01. The van der Waals surface area contributed by atoms with E-state index in [9.17, 15) is 14.3 Å². The zero-order valence-electron chi connectivity index (χ0n) is 12.8. The van der Waals surface area contributed by atoms with E-state index in [1.165, 1.54) is 41.8 Å². The SMILES string of the molecule is Cn1cc(-c2ncc(C(=O)NCC(O)c3ccc(F)cc3)s2)cn1. The summed E-state index contributed by atoms with van der Waals surface area (Å²) in [7, 11) is 1.81. The zero-order chi connectivity index (χ0) is 17.1. The van der Waals surface area contributed by atoms with E-state index in [1.807, 2.05) is 13.2 Å². The fraction of sp³-hybridized carbons (Fsp3) is 0.188. The average Bonchev–Trinajstić information content (AvgIpc) is 3.22.